The van der Waals surface area contributed by atoms with E-state index in [2.05, 4.69) is 64.8 Å². The molecule has 0 fully saturated rings. The van der Waals surface area contributed by atoms with Gasteiger partial charge in [0.15, 0.2) is 0 Å². The van der Waals surface area contributed by atoms with E-state index in [1.54, 1.807) is 0 Å². The molecule has 4 heteroatoms. The lowest BCUT2D eigenvalue weighted by Gasteiger charge is -2.31. The topological polar surface area (TPSA) is 42.2 Å². The van der Waals surface area contributed by atoms with Crippen molar-refractivity contribution in [3.05, 3.63) is 40.5 Å². The third-order valence-corrected chi connectivity index (χ3v) is 4.54. The average Bonchev–Trinajstić information content (AvgIpc) is 2.49. The Morgan fingerprint density at radius 2 is 2.05 bits per heavy atom. The molecule has 0 amide bonds. The molecule has 0 spiro atoms. The van der Waals surface area contributed by atoms with Crippen LogP contribution in [-0.4, -0.2) is 29.5 Å². The summed E-state index contributed by atoms with van der Waals surface area (Å²) < 4.78 is 1.10. The molecule has 0 saturated carbocycles. The van der Waals surface area contributed by atoms with Crippen LogP contribution in [0.1, 0.15) is 26.3 Å². The molecule has 1 aromatic heterocycles. The molecule has 0 atom stereocenters. The van der Waals surface area contributed by atoms with Gasteiger partial charge in [0.05, 0.1) is 5.52 Å². The lowest BCUT2D eigenvalue weighted by atomic mass is 9.93. The van der Waals surface area contributed by atoms with Crippen molar-refractivity contribution in [3.8, 4) is 0 Å². The maximum absolute atomic E-state index is 5.87. The number of aromatic nitrogens is 1. The first-order chi connectivity index (χ1) is 9.96. The predicted octanol–water partition coefficient (Wildman–Crippen LogP) is 3.80. The zero-order valence-electron chi connectivity index (χ0n) is 13.1. The highest BCUT2D eigenvalue weighted by Crippen LogP contribution is 2.26. The molecule has 0 radical (unpaired) electrons. The standard InChI is InChI=1S/C17H24BrN3/c1-4-21(12-17(2,3)11-19)10-13-7-8-15(18)14-6-5-9-20-16(13)14/h5-9H,4,10-12,19H2,1-3H3. The summed E-state index contributed by atoms with van der Waals surface area (Å²) in [5, 5.41) is 1.17. The van der Waals surface area contributed by atoms with Gasteiger partial charge in [0.1, 0.15) is 0 Å². The van der Waals surface area contributed by atoms with Crippen LogP contribution in [0.15, 0.2) is 34.9 Å². The number of nitrogens with two attached hydrogens (primary N) is 1. The third-order valence-electron chi connectivity index (χ3n) is 3.85. The molecule has 2 aromatic rings. The van der Waals surface area contributed by atoms with Crippen molar-refractivity contribution in [1.82, 2.24) is 9.88 Å². The summed E-state index contributed by atoms with van der Waals surface area (Å²) in [4.78, 5) is 7.00. The van der Waals surface area contributed by atoms with Crippen LogP contribution in [0.3, 0.4) is 0 Å². The van der Waals surface area contributed by atoms with E-state index in [4.69, 9.17) is 5.73 Å². The van der Waals surface area contributed by atoms with Gasteiger partial charge in [-0.05, 0) is 36.2 Å². The Morgan fingerprint density at radius 3 is 2.71 bits per heavy atom. The number of hydrogen-bond donors (Lipinski definition) is 1. The van der Waals surface area contributed by atoms with E-state index in [-0.39, 0.29) is 5.41 Å². The van der Waals surface area contributed by atoms with Crippen LogP contribution >= 0.6 is 15.9 Å². The van der Waals surface area contributed by atoms with Crippen LogP contribution in [0.4, 0.5) is 0 Å². The van der Waals surface area contributed by atoms with Crippen molar-refractivity contribution in [3.63, 3.8) is 0 Å². The summed E-state index contributed by atoms with van der Waals surface area (Å²) in [6, 6.07) is 8.36. The lowest BCUT2D eigenvalue weighted by molar-refractivity contribution is 0.184. The van der Waals surface area contributed by atoms with Gasteiger partial charge in [0, 0.05) is 29.1 Å². The van der Waals surface area contributed by atoms with Gasteiger partial charge in [-0.1, -0.05) is 48.8 Å². The van der Waals surface area contributed by atoms with Gasteiger partial charge in [-0.15, -0.1) is 0 Å². The Labute approximate surface area is 135 Å². The zero-order valence-corrected chi connectivity index (χ0v) is 14.7. The van der Waals surface area contributed by atoms with E-state index in [0.29, 0.717) is 6.54 Å². The lowest BCUT2D eigenvalue weighted by Crippen LogP contribution is -2.38. The first-order valence-electron chi connectivity index (χ1n) is 7.41. The molecule has 21 heavy (non-hydrogen) atoms. The molecular formula is C17H24BrN3. The van der Waals surface area contributed by atoms with Gasteiger partial charge in [-0.25, -0.2) is 0 Å². The van der Waals surface area contributed by atoms with Gasteiger partial charge in [-0.3, -0.25) is 9.88 Å². The SMILES string of the molecule is CCN(Cc1ccc(Br)c2cccnc12)CC(C)(C)CN. The van der Waals surface area contributed by atoms with Gasteiger partial charge < -0.3 is 5.73 Å². The number of fused-ring (bicyclic) bond motifs is 1. The molecule has 0 saturated heterocycles. The van der Waals surface area contributed by atoms with E-state index in [0.717, 1.165) is 29.6 Å². The Hall–Kier alpha value is -0.970. The first kappa shape index (κ1) is 16.4. The van der Waals surface area contributed by atoms with Crippen molar-refractivity contribution < 1.29 is 0 Å². The number of nitrogens with zero attached hydrogens (tertiary/aromatic N) is 2. The number of rotatable bonds is 6. The molecule has 0 aliphatic carbocycles. The van der Waals surface area contributed by atoms with Crippen LogP contribution in [0.5, 0.6) is 0 Å². The minimum atomic E-state index is 0.134. The smallest absolute Gasteiger partial charge is 0.0758 e. The van der Waals surface area contributed by atoms with Crippen LogP contribution in [0, 0.1) is 5.41 Å². The van der Waals surface area contributed by atoms with Gasteiger partial charge in [0.25, 0.3) is 0 Å². The minimum absolute atomic E-state index is 0.134. The summed E-state index contributed by atoms with van der Waals surface area (Å²) in [7, 11) is 0. The molecule has 2 rings (SSSR count). The van der Waals surface area contributed by atoms with E-state index >= 15 is 0 Å². The quantitative estimate of drug-likeness (QED) is 0.862. The van der Waals surface area contributed by atoms with Crippen LogP contribution in [0.25, 0.3) is 10.9 Å². The summed E-state index contributed by atoms with van der Waals surface area (Å²) in [6.45, 7) is 10.2. The maximum atomic E-state index is 5.87. The zero-order chi connectivity index (χ0) is 15.5. The van der Waals surface area contributed by atoms with E-state index in [9.17, 15) is 0 Å². The van der Waals surface area contributed by atoms with Crippen LogP contribution in [-0.2, 0) is 6.54 Å². The van der Waals surface area contributed by atoms with Crippen molar-refractivity contribution in [2.45, 2.75) is 27.3 Å². The van der Waals surface area contributed by atoms with E-state index in [1.807, 2.05) is 12.3 Å². The largest absolute Gasteiger partial charge is 0.330 e. The minimum Gasteiger partial charge on any atom is -0.330 e. The molecule has 1 heterocycles. The molecule has 0 aliphatic heterocycles. The second kappa shape index (κ2) is 6.86. The maximum Gasteiger partial charge on any atom is 0.0758 e. The molecule has 0 unspecified atom stereocenters. The highest BCUT2D eigenvalue weighted by molar-refractivity contribution is 9.10. The van der Waals surface area contributed by atoms with Crippen molar-refractivity contribution in [2.75, 3.05) is 19.6 Å². The van der Waals surface area contributed by atoms with Gasteiger partial charge >= 0.3 is 0 Å². The summed E-state index contributed by atoms with van der Waals surface area (Å²) in [6.07, 6.45) is 1.86. The second-order valence-corrected chi connectivity index (χ2v) is 7.13. The molecule has 1 aromatic carbocycles. The number of pyridine rings is 1. The molecular weight excluding hydrogens is 326 g/mol. The molecule has 0 aliphatic rings. The molecule has 0 bridgehead atoms. The highest BCUT2D eigenvalue weighted by atomic mass is 79.9. The highest BCUT2D eigenvalue weighted by Gasteiger charge is 2.20. The van der Waals surface area contributed by atoms with Crippen LogP contribution in [0.2, 0.25) is 0 Å². The predicted molar refractivity (Wildman–Crippen MR) is 93.2 cm³/mol. The number of benzene rings is 1. The fraction of sp³-hybridized carbons (Fsp3) is 0.471. The third kappa shape index (κ3) is 4.02. The van der Waals surface area contributed by atoms with Gasteiger partial charge in [0.2, 0.25) is 0 Å². The monoisotopic (exact) mass is 349 g/mol. The Kier molecular flexibility index (Phi) is 5.36. The molecule has 2 N–H and O–H groups in total. The Bertz CT molecular complexity index is 610. The van der Waals surface area contributed by atoms with Gasteiger partial charge in [-0.2, -0.15) is 0 Å². The normalized spacial score (nSPS) is 12.3. The average molecular weight is 350 g/mol. The number of halogens is 1. The fourth-order valence-corrected chi connectivity index (χ4v) is 2.97. The fourth-order valence-electron chi connectivity index (χ4n) is 2.51. The van der Waals surface area contributed by atoms with E-state index in [1.165, 1.54) is 10.9 Å². The van der Waals surface area contributed by atoms with Crippen LogP contribution < -0.4 is 5.73 Å². The Morgan fingerprint density at radius 1 is 1.29 bits per heavy atom. The summed E-state index contributed by atoms with van der Waals surface area (Å²) in [5.41, 5.74) is 8.35. The Balaban J connectivity index is 2.28. The van der Waals surface area contributed by atoms with Crippen molar-refractivity contribution in [1.29, 1.82) is 0 Å². The van der Waals surface area contributed by atoms with Crippen molar-refractivity contribution >= 4 is 26.8 Å². The van der Waals surface area contributed by atoms with Crippen molar-refractivity contribution in [2.24, 2.45) is 11.1 Å². The second-order valence-electron chi connectivity index (χ2n) is 6.28. The molecule has 114 valence electrons. The summed E-state index contributed by atoms with van der Waals surface area (Å²) >= 11 is 3.60. The van der Waals surface area contributed by atoms with E-state index < -0.39 is 0 Å². The molecule has 3 nitrogen and oxygen atoms in total. The summed E-state index contributed by atoms with van der Waals surface area (Å²) in [5.74, 6) is 0. The number of hydrogen-bond acceptors (Lipinski definition) is 3. The first-order valence-corrected chi connectivity index (χ1v) is 8.20.